The van der Waals surface area contributed by atoms with Gasteiger partial charge < -0.3 is 39.2 Å². The second-order valence-corrected chi connectivity index (χ2v) is 15.6. The number of hydrogen-bond donors (Lipinski definition) is 6. The van der Waals surface area contributed by atoms with Gasteiger partial charge in [-0.3, -0.25) is 14.0 Å². The number of nitrogens with zero attached hydrogens (tertiary/aromatic N) is 4. The van der Waals surface area contributed by atoms with E-state index >= 15 is 0 Å². The molecule has 46 heavy (non-hydrogen) atoms. The van der Waals surface area contributed by atoms with Gasteiger partial charge in [0.05, 0.1) is 19.0 Å². The summed E-state index contributed by atoms with van der Waals surface area (Å²) in [4.78, 5) is 62.9. The molecule has 26 heteroatoms. The molecule has 3 aromatic heterocycles. The van der Waals surface area contributed by atoms with E-state index in [4.69, 9.17) is 14.9 Å². The van der Waals surface area contributed by atoms with Crippen LogP contribution in [0.3, 0.4) is 0 Å². The molecule has 0 amide bonds. The summed E-state index contributed by atoms with van der Waals surface area (Å²) in [6.45, 7) is 0.678. The molecule has 22 nitrogen and oxygen atoms in total. The number of imidazole rings is 1. The second kappa shape index (κ2) is 12.6. The molecule has 0 spiro atoms. The first-order chi connectivity index (χ1) is 21.3. The van der Waals surface area contributed by atoms with Crippen LogP contribution < -0.4 is 15.9 Å². The molecule has 7 atom stereocenters. The summed E-state index contributed by atoms with van der Waals surface area (Å²) in [7, 11) is -23.4. The zero-order valence-corrected chi connectivity index (χ0v) is 26.5. The van der Waals surface area contributed by atoms with Crippen LogP contribution in [-0.2, 0) is 40.5 Å². The highest BCUT2D eigenvalue weighted by Crippen LogP contribution is 2.71. The van der Waals surface area contributed by atoms with E-state index in [1.54, 1.807) is 6.92 Å². The van der Waals surface area contributed by atoms with Gasteiger partial charge in [0.15, 0.2) is 11.5 Å². The molecular formula is C20H23N5O17P4. The van der Waals surface area contributed by atoms with Gasteiger partial charge in [0, 0.05) is 23.9 Å². The SMILES string of the molecule is Cc1cc(=O)oc2cc(OP(=O)(O)OP(=O)(O)OP(=O)(O)OP(=O)(O)OC[C@H]3O[C@@H](n4cnc5c(N)ncnc54)C[C@@H]3O)ccc12. The van der Waals surface area contributed by atoms with E-state index < -0.39 is 67.7 Å². The fraction of sp³-hybridized carbons (Fsp3) is 0.300. The average molecular weight is 729 g/mol. The minimum atomic E-state index is -6.06. The third kappa shape index (κ3) is 8.14. The molecule has 4 heterocycles. The molecule has 1 aliphatic rings. The van der Waals surface area contributed by atoms with E-state index in [1.807, 2.05) is 0 Å². The van der Waals surface area contributed by atoms with Gasteiger partial charge in [0.1, 0.15) is 35.5 Å². The van der Waals surface area contributed by atoms with Crippen molar-refractivity contribution >= 4 is 59.2 Å². The maximum atomic E-state index is 12.3. The van der Waals surface area contributed by atoms with Crippen LogP contribution in [0.25, 0.3) is 22.1 Å². The highest BCUT2D eigenvalue weighted by Gasteiger charge is 2.47. The maximum absolute atomic E-state index is 12.3. The van der Waals surface area contributed by atoms with Gasteiger partial charge in [-0.05, 0) is 24.6 Å². The lowest BCUT2D eigenvalue weighted by atomic mass is 10.1. The van der Waals surface area contributed by atoms with Crippen LogP contribution in [-0.4, -0.2) is 63.0 Å². The van der Waals surface area contributed by atoms with E-state index in [1.165, 1.54) is 29.4 Å². The zero-order valence-electron chi connectivity index (χ0n) is 22.9. The molecule has 1 aliphatic heterocycles. The number of anilines is 1. The highest BCUT2D eigenvalue weighted by molar-refractivity contribution is 7.69. The topological polar surface area (TPSA) is 325 Å². The molecular weight excluding hydrogens is 706 g/mol. The van der Waals surface area contributed by atoms with E-state index in [0.717, 1.165) is 12.1 Å². The summed E-state index contributed by atoms with van der Waals surface area (Å²) in [6.07, 6.45) is -1.10. The molecule has 4 aromatic rings. The van der Waals surface area contributed by atoms with Crippen molar-refractivity contribution in [2.24, 2.45) is 0 Å². The Morgan fingerprint density at radius 2 is 1.65 bits per heavy atom. The van der Waals surface area contributed by atoms with E-state index in [-0.39, 0.29) is 29.0 Å². The van der Waals surface area contributed by atoms with Crippen molar-refractivity contribution in [1.29, 1.82) is 0 Å². The predicted octanol–water partition coefficient (Wildman–Crippen LogP) is 2.02. The first-order valence-corrected chi connectivity index (χ1v) is 18.4. The summed E-state index contributed by atoms with van der Waals surface area (Å²) in [5.41, 5.74) is 5.92. The first kappa shape index (κ1) is 34.4. The molecule has 250 valence electrons. The Kier molecular flexibility index (Phi) is 9.44. The smallest absolute Gasteiger partial charge is 0.423 e. The van der Waals surface area contributed by atoms with Gasteiger partial charge in [0.2, 0.25) is 0 Å². The molecule has 0 radical (unpaired) electrons. The zero-order chi connectivity index (χ0) is 33.7. The Bertz CT molecular complexity index is 2050. The molecule has 7 N–H and O–H groups in total. The number of hydrogen-bond acceptors (Lipinski definition) is 17. The van der Waals surface area contributed by atoms with Gasteiger partial charge in [-0.2, -0.15) is 12.9 Å². The average Bonchev–Trinajstić information content (AvgIpc) is 3.48. The van der Waals surface area contributed by atoms with Crippen LogP contribution in [0.1, 0.15) is 18.2 Å². The van der Waals surface area contributed by atoms with E-state index in [0.29, 0.717) is 10.9 Å². The first-order valence-electron chi connectivity index (χ1n) is 12.4. The minimum absolute atomic E-state index is 0.0802. The van der Waals surface area contributed by atoms with Gasteiger partial charge >= 0.3 is 36.9 Å². The van der Waals surface area contributed by atoms with Gasteiger partial charge in [-0.1, -0.05) is 0 Å². The number of fused-ring (bicyclic) bond motifs is 2. The summed E-state index contributed by atoms with van der Waals surface area (Å²) in [6, 6.07) is 4.60. The Balaban J connectivity index is 1.17. The fourth-order valence-corrected chi connectivity index (χ4v) is 9.18. The number of nitrogen functional groups attached to an aromatic ring is 1. The Hall–Kier alpha value is -2.90. The third-order valence-electron chi connectivity index (χ3n) is 6.07. The van der Waals surface area contributed by atoms with Gasteiger partial charge in [0.25, 0.3) is 0 Å². The molecule has 4 unspecified atom stereocenters. The van der Waals surface area contributed by atoms with Gasteiger partial charge in [-0.15, -0.1) is 0 Å². The van der Waals surface area contributed by atoms with Gasteiger partial charge in [-0.25, -0.2) is 38.0 Å². The number of aliphatic hydroxyl groups is 1. The molecule has 1 saturated heterocycles. The minimum Gasteiger partial charge on any atom is -0.423 e. The number of phosphoric acid groups is 4. The van der Waals surface area contributed by atoms with Crippen molar-refractivity contribution in [3.63, 3.8) is 0 Å². The Morgan fingerprint density at radius 1 is 0.978 bits per heavy atom. The maximum Gasteiger partial charge on any atom is 0.536 e. The van der Waals surface area contributed by atoms with E-state index in [9.17, 15) is 47.7 Å². The number of aromatic nitrogens is 4. The quantitative estimate of drug-likeness (QED) is 0.0897. The number of ether oxygens (including phenoxy) is 1. The number of rotatable bonds is 12. The monoisotopic (exact) mass is 729 g/mol. The van der Waals surface area contributed by atoms with Crippen LogP contribution in [0.15, 0.2) is 46.1 Å². The number of benzene rings is 1. The summed E-state index contributed by atoms with van der Waals surface area (Å²) < 4.78 is 82.1. The highest BCUT2D eigenvalue weighted by atomic mass is 31.3. The van der Waals surface area contributed by atoms with Crippen molar-refractivity contribution in [2.45, 2.75) is 31.8 Å². The van der Waals surface area contributed by atoms with Crippen molar-refractivity contribution < 1.29 is 74.1 Å². The lowest BCUT2D eigenvalue weighted by Crippen LogP contribution is -2.26. The Labute approximate surface area is 255 Å². The van der Waals surface area contributed by atoms with Crippen molar-refractivity contribution in [3.8, 4) is 5.75 Å². The van der Waals surface area contributed by atoms with Crippen molar-refractivity contribution in [1.82, 2.24) is 19.5 Å². The number of phosphoric ester groups is 2. The van der Waals surface area contributed by atoms with Crippen molar-refractivity contribution in [3.05, 3.63) is 52.9 Å². The van der Waals surface area contributed by atoms with Crippen LogP contribution in [0, 0.1) is 6.92 Å². The lowest BCUT2D eigenvalue weighted by Gasteiger charge is -2.21. The van der Waals surface area contributed by atoms with Crippen molar-refractivity contribution in [2.75, 3.05) is 12.3 Å². The summed E-state index contributed by atoms with van der Waals surface area (Å²) in [5, 5.41) is 10.8. The molecule has 1 aromatic carbocycles. The number of aryl methyl sites for hydroxylation is 1. The second-order valence-electron chi connectivity index (χ2n) is 9.43. The van der Waals surface area contributed by atoms with Crippen LogP contribution in [0.2, 0.25) is 0 Å². The summed E-state index contributed by atoms with van der Waals surface area (Å²) >= 11 is 0. The number of aliphatic hydroxyl groups excluding tert-OH is 1. The molecule has 1 fully saturated rings. The lowest BCUT2D eigenvalue weighted by molar-refractivity contribution is -0.0423. The molecule has 0 saturated carbocycles. The van der Waals surface area contributed by atoms with Crippen LogP contribution in [0.5, 0.6) is 5.75 Å². The van der Waals surface area contributed by atoms with Crippen LogP contribution >= 0.6 is 31.3 Å². The molecule has 5 rings (SSSR count). The van der Waals surface area contributed by atoms with Crippen LogP contribution in [0.4, 0.5) is 5.82 Å². The number of nitrogens with two attached hydrogens (primary N) is 1. The predicted molar refractivity (Wildman–Crippen MR) is 151 cm³/mol. The van der Waals surface area contributed by atoms with E-state index in [2.05, 4.69) is 36.9 Å². The fourth-order valence-electron chi connectivity index (χ4n) is 4.24. The molecule has 0 bridgehead atoms. The molecule has 0 aliphatic carbocycles. The Morgan fingerprint density at radius 3 is 2.37 bits per heavy atom. The standard InChI is InChI=1S/C20H23N5O17P4/c1-10-4-17(27)38-14-5-11(2-3-12(10)14)39-44(30,31)41-46(34,35)42-45(32,33)40-43(28,29)36-7-15-13(26)6-16(37-15)25-9-24-18-19(21)22-8-23-20(18)25/h2-5,8-9,13,15-16,26H,6-7H2,1H3,(H,28,29)(H,30,31)(H,32,33)(H,34,35)(H2,21,22,23)/t13-,15+,16+/m0/s1. The largest absolute Gasteiger partial charge is 0.536 e. The normalized spacial score (nSPS) is 23.8. The summed E-state index contributed by atoms with van der Waals surface area (Å²) in [5.74, 6) is -0.416. The third-order valence-corrected chi connectivity index (χ3v) is 11.9.